The number of halogens is 1. The first-order valence-corrected chi connectivity index (χ1v) is 4.27. The number of rotatable bonds is 2. The van der Waals surface area contributed by atoms with Crippen LogP contribution >= 0.6 is 11.6 Å². The van der Waals surface area contributed by atoms with E-state index in [0.717, 1.165) is 18.8 Å². The van der Waals surface area contributed by atoms with Gasteiger partial charge in [0, 0.05) is 13.1 Å². The van der Waals surface area contributed by atoms with Gasteiger partial charge in [-0.2, -0.15) is 0 Å². The lowest BCUT2D eigenvalue weighted by Crippen LogP contribution is -1.88. The molecular weight excluding hydrogens is 172 g/mol. The Morgan fingerprint density at radius 3 is 2.75 bits per heavy atom. The van der Waals surface area contributed by atoms with E-state index in [2.05, 4.69) is 9.89 Å². The summed E-state index contributed by atoms with van der Waals surface area (Å²) >= 11 is 5.90. The normalized spacial score (nSPS) is 15.6. The number of nitrogens with zero attached hydrogens (tertiary/aromatic N) is 2. The predicted octanol–water partition coefficient (Wildman–Crippen LogP) is 2.32. The molecule has 0 radical (unpaired) electrons. The number of hydrogen-bond donors (Lipinski definition) is 0. The van der Waals surface area contributed by atoms with E-state index in [1.54, 1.807) is 0 Å². The van der Waals surface area contributed by atoms with Crippen LogP contribution in [0.5, 0.6) is 0 Å². The molecule has 0 N–H and O–H groups in total. The van der Waals surface area contributed by atoms with Gasteiger partial charge in [-0.1, -0.05) is 23.7 Å². The van der Waals surface area contributed by atoms with Crippen LogP contribution in [0.4, 0.5) is 5.69 Å². The van der Waals surface area contributed by atoms with Gasteiger partial charge in [0.2, 0.25) is 0 Å². The van der Waals surface area contributed by atoms with Crippen LogP contribution in [-0.4, -0.2) is 24.3 Å². The number of aliphatic imine (C=N–C) groups is 1. The molecule has 0 aromatic heterocycles. The highest BCUT2D eigenvalue weighted by Crippen LogP contribution is 2.23. The molecule has 62 valence electrons. The molecule has 1 aromatic carbocycles. The molecule has 1 fully saturated rings. The molecule has 0 amide bonds. The second-order valence-electron chi connectivity index (χ2n) is 2.73. The lowest BCUT2D eigenvalue weighted by atomic mass is 10.3. The molecule has 0 atom stereocenters. The van der Waals surface area contributed by atoms with Crippen molar-refractivity contribution in [3.63, 3.8) is 0 Å². The summed E-state index contributed by atoms with van der Waals surface area (Å²) in [6.45, 7) is 2.24. The Kier molecular flexibility index (Phi) is 2.00. The molecular formula is C9H9ClN2. The van der Waals surface area contributed by atoms with Gasteiger partial charge in [-0.15, -0.1) is 0 Å². The minimum absolute atomic E-state index is 0.704. The average molecular weight is 181 g/mol. The minimum atomic E-state index is 0.704. The van der Waals surface area contributed by atoms with E-state index < -0.39 is 0 Å². The third kappa shape index (κ3) is 1.77. The zero-order valence-electron chi connectivity index (χ0n) is 6.57. The standard InChI is InChI=1S/C9H9ClN2/c10-8-3-1-2-4-9(8)11-7-12-5-6-12/h1-4,7H,5-6H2. The topological polar surface area (TPSA) is 15.4 Å². The summed E-state index contributed by atoms with van der Waals surface area (Å²) in [4.78, 5) is 6.35. The average Bonchev–Trinajstić information content (AvgIpc) is 2.86. The molecule has 2 nitrogen and oxygen atoms in total. The van der Waals surface area contributed by atoms with E-state index in [4.69, 9.17) is 11.6 Å². The summed E-state index contributed by atoms with van der Waals surface area (Å²) in [6.07, 6.45) is 1.83. The Labute approximate surface area is 76.5 Å². The Bertz CT molecular complexity index is 305. The Balaban J connectivity index is 2.15. The highest BCUT2D eigenvalue weighted by Gasteiger charge is 2.11. The molecule has 1 saturated heterocycles. The third-order valence-corrected chi connectivity index (χ3v) is 2.01. The second-order valence-corrected chi connectivity index (χ2v) is 3.14. The van der Waals surface area contributed by atoms with Crippen LogP contribution in [0.25, 0.3) is 0 Å². The molecule has 2 rings (SSSR count). The predicted molar refractivity (Wildman–Crippen MR) is 51.2 cm³/mol. The molecule has 0 unspecified atom stereocenters. The highest BCUT2D eigenvalue weighted by molar-refractivity contribution is 6.33. The SMILES string of the molecule is Clc1ccccc1N=CN1CC1. The maximum Gasteiger partial charge on any atom is 0.0914 e. The van der Waals surface area contributed by atoms with Gasteiger partial charge in [0.15, 0.2) is 0 Å². The van der Waals surface area contributed by atoms with Crippen molar-refractivity contribution in [2.45, 2.75) is 0 Å². The molecule has 1 aliphatic heterocycles. The van der Waals surface area contributed by atoms with Crippen LogP contribution in [0.1, 0.15) is 0 Å². The third-order valence-electron chi connectivity index (χ3n) is 1.69. The molecule has 0 saturated carbocycles. The number of hydrogen-bond acceptors (Lipinski definition) is 1. The van der Waals surface area contributed by atoms with Gasteiger partial charge in [-0.25, -0.2) is 4.99 Å². The van der Waals surface area contributed by atoms with E-state index in [1.807, 2.05) is 30.6 Å². The summed E-state index contributed by atoms with van der Waals surface area (Å²) in [5.74, 6) is 0. The molecule has 12 heavy (non-hydrogen) atoms. The fourth-order valence-electron chi connectivity index (χ4n) is 0.873. The molecule has 0 aliphatic carbocycles. The zero-order chi connectivity index (χ0) is 8.39. The maximum atomic E-state index is 5.90. The van der Waals surface area contributed by atoms with Crippen molar-refractivity contribution in [2.24, 2.45) is 4.99 Å². The highest BCUT2D eigenvalue weighted by atomic mass is 35.5. The van der Waals surface area contributed by atoms with Crippen LogP contribution in [0, 0.1) is 0 Å². The van der Waals surface area contributed by atoms with Gasteiger partial charge in [-0.3, -0.25) is 0 Å². The van der Waals surface area contributed by atoms with Gasteiger partial charge < -0.3 is 4.90 Å². The number of para-hydroxylation sites is 1. The maximum absolute atomic E-state index is 5.90. The molecule has 3 heteroatoms. The Hall–Kier alpha value is -1.02. The molecule has 0 spiro atoms. The van der Waals surface area contributed by atoms with E-state index >= 15 is 0 Å². The van der Waals surface area contributed by atoms with Crippen molar-refractivity contribution in [2.75, 3.05) is 13.1 Å². The van der Waals surface area contributed by atoms with Crippen LogP contribution < -0.4 is 0 Å². The summed E-state index contributed by atoms with van der Waals surface area (Å²) < 4.78 is 0. The van der Waals surface area contributed by atoms with Crippen LogP contribution in [-0.2, 0) is 0 Å². The van der Waals surface area contributed by atoms with Crippen LogP contribution in [0.15, 0.2) is 29.3 Å². The van der Waals surface area contributed by atoms with Crippen molar-refractivity contribution in [3.05, 3.63) is 29.3 Å². The van der Waals surface area contributed by atoms with Gasteiger partial charge in [-0.05, 0) is 12.1 Å². The van der Waals surface area contributed by atoms with Crippen molar-refractivity contribution >= 4 is 23.6 Å². The lowest BCUT2D eigenvalue weighted by Gasteiger charge is -1.95. The quantitative estimate of drug-likeness (QED) is 0.388. The van der Waals surface area contributed by atoms with Crippen molar-refractivity contribution < 1.29 is 0 Å². The van der Waals surface area contributed by atoms with Gasteiger partial charge in [0.1, 0.15) is 0 Å². The van der Waals surface area contributed by atoms with E-state index in [-0.39, 0.29) is 0 Å². The van der Waals surface area contributed by atoms with Gasteiger partial charge in [0.05, 0.1) is 17.0 Å². The van der Waals surface area contributed by atoms with Crippen molar-refractivity contribution in [3.8, 4) is 0 Å². The summed E-state index contributed by atoms with van der Waals surface area (Å²) in [5.41, 5.74) is 0.839. The first kappa shape index (κ1) is 7.62. The minimum Gasteiger partial charge on any atom is -0.359 e. The lowest BCUT2D eigenvalue weighted by molar-refractivity contribution is 0.875. The summed E-state index contributed by atoms with van der Waals surface area (Å²) in [5, 5.41) is 0.704. The Morgan fingerprint density at radius 2 is 2.08 bits per heavy atom. The fourth-order valence-corrected chi connectivity index (χ4v) is 1.06. The van der Waals surface area contributed by atoms with E-state index in [0.29, 0.717) is 5.02 Å². The van der Waals surface area contributed by atoms with E-state index in [9.17, 15) is 0 Å². The van der Waals surface area contributed by atoms with Crippen molar-refractivity contribution in [1.29, 1.82) is 0 Å². The zero-order valence-corrected chi connectivity index (χ0v) is 7.33. The molecule has 1 heterocycles. The summed E-state index contributed by atoms with van der Waals surface area (Å²) in [6, 6.07) is 7.58. The van der Waals surface area contributed by atoms with Gasteiger partial charge >= 0.3 is 0 Å². The van der Waals surface area contributed by atoms with Crippen LogP contribution in [0.2, 0.25) is 5.02 Å². The fraction of sp³-hybridized carbons (Fsp3) is 0.222. The monoisotopic (exact) mass is 180 g/mol. The molecule has 1 aromatic rings. The van der Waals surface area contributed by atoms with Crippen LogP contribution in [0.3, 0.4) is 0 Å². The first-order valence-electron chi connectivity index (χ1n) is 3.89. The largest absolute Gasteiger partial charge is 0.359 e. The smallest absolute Gasteiger partial charge is 0.0914 e. The Morgan fingerprint density at radius 1 is 1.33 bits per heavy atom. The summed E-state index contributed by atoms with van der Waals surface area (Å²) in [7, 11) is 0. The first-order chi connectivity index (χ1) is 5.86. The second kappa shape index (κ2) is 3.15. The molecule has 1 aliphatic rings. The van der Waals surface area contributed by atoms with E-state index in [1.165, 1.54) is 0 Å². The van der Waals surface area contributed by atoms with Gasteiger partial charge in [0.25, 0.3) is 0 Å². The molecule has 0 bridgehead atoms. The van der Waals surface area contributed by atoms with Crippen molar-refractivity contribution in [1.82, 2.24) is 4.90 Å². The number of benzene rings is 1.